The van der Waals surface area contributed by atoms with Crippen LogP contribution in [0.3, 0.4) is 0 Å². The van der Waals surface area contributed by atoms with Crippen molar-refractivity contribution in [3.05, 3.63) is 37.8 Å². The molecular weight excluding hydrogens is 468 g/mol. The van der Waals surface area contributed by atoms with Crippen LogP contribution in [-0.4, -0.2) is 49.8 Å². The second kappa shape index (κ2) is 10.8. The maximum atomic E-state index is 12.4. The first-order chi connectivity index (χ1) is 12.1. The van der Waals surface area contributed by atoms with Gasteiger partial charge in [0.1, 0.15) is 22.9 Å². The van der Waals surface area contributed by atoms with E-state index in [0.29, 0.717) is 15.8 Å². The van der Waals surface area contributed by atoms with Crippen LogP contribution in [0.2, 0.25) is 0 Å². The molecular formula is C16H17BrCl3N3O3. The number of halogens is 4. The molecule has 0 aliphatic carbocycles. The zero-order valence-corrected chi connectivity index (χ0v) is 18.1. The highest BCUT2D eigenvalue weighted by Crippen LogP contribution is 2.24. The minimum Gasteiger partial charge on any atom is -0.488 e. The summed E-state index contributed by atoms with van der Waals surface area (Å²) in [7, 11) is 3.48. The molecule has 1 aromatic rings. The van der Waals surface area contributed by atoms with Crippen LogP contribution in [0, 0.1) is 0 Å². The molecule has 0 saturated carbocycles. The second-order valence-corrected chi connectivity index (χ2v) is 7.69. The molecule has 1 atom stereocenters. The average Bonchev–Trinajstić information content (AvgIpc) is 2.56. The van der Waals surface area contributed by atoms with Crippen LogP contribution in [0.1, 0.15) is 17.3 Å². The summed E-state index contributed by atoms with van der Waals surface area (Å²) in [6.45, 7) is 1.51. The first kappa shape index (κ1) is 22.8. The highest BCUT2D eigenvalue weighted by molar-refractivity contribution is 9.10. The van der Waals surface area contributed by atoms with Gasteiger partial charge in [-0.15, -0.1) is 0 Å². The van der Waals surface area contributed by atoms with Crippen molar-refractivity contribution in [2.45, 2.75) is 13.0 Å². The zero-order valence-electron chi connectivity index (χ0n) is 14.2. The molecule has 10 heteroatoms. The van der Waals surface area contributed by atoms with Gasteiger partial charge in [0.05, 0.1) is 11.4 Å². The number of rotatable bonds is 7. The van der Waals surface area contributed by atoms with E-state index in [9.17, 15) is 9.59 Å². The molecule has 0 heterocycles. The highest BCUT2D eigenvalue weighted by atomic mass is 79.9. The molecule has 0 saturated heterocycles. The SMILES string of the molecule is C[C@H](NC(=O)c1cc(Br)cc(OCC(Cl)=C(Cl)Cl)c1)C(=O)N=CN(C)C. The van der Waals surface area contributed by atoms with Crippen LogP contribution in [0.4, 0.5) is 0 Å². The van der Waals surface area contributed by atoms with Gasteiger partial charge in [-0.2, -0.15) is 0 Å². The summed E-state index contributed by atoms with van der Waals surface area (Å²) in [6, 6.07) is 3.97. The molecule has 0 aliphatic heterocycles. The number of carbonyl (C=O) groups excluding carboxylic acids is 2. The van der Waals surface area contributed by atoms with E-state index in [0.717, 1.165) is 0 Å². The first-order valence-electron chi connectivity index (χ1n) is 7.28. The third kappa shape index (κ3) is 7.95. The summed E-state index contributed by atoms with van der Waals surface area (Å²) in [5.74, 6) is -0.539. The minimum absolute atomic E-state index is 0.0461. The van der Waals surface area contributed by atoms with Crippen molar-refractivity contribution in [1.29, 1.82) is 0 Å². The van der Waals surface area contributed by atoms with Gasteiger partial charge in [0.15, 0.2) is 0 Å². The van der Waals surface area contributed by atoms with E-state index in [1.807, 2.05) is 0 Å². The topological polar surface area (TPSA) is 71.0 Å². The van der Waals surface area contributed by atoms with Crippen LogP contribution < -0.4 is 10.1 Å². The van der Waals surface area contributed by atoms with Gasteiger partial charge in [0.25, 0.3) is 11.8 Å². The van der Waals surface area contributed by atoms with Gasteiger partial charge in [0, 0.05) is 24.1 Å². The van der Waals surface area contributed by atoms with E-state index >= 15 is 0 Å². The number of nitrogens with one attached hydrogen (secondary N) is 1. The van der Waals surface area contributed by atoms with Crippen molar-refractivity contribution < 1.29 is 14.3 Å². The van der Waals surface area contributed by atoms with Gasteiger partial charge in [-0.25, -0.2) is 4.99 Å². The predicted molar refractivity (Wildman–Crippen MR) is 108 cm³/mol. The lowest BCUT2D eigenvalue weighted by molar-refractivity contribution is -0.119. The Balaban J connectivity index is 2.83. The van der Waals surface area contributed by atoms with Gasteiger partial charge in [0.2, 0.25) is 0 Å². The van der Waals surface area contributed by atoms with Gasteiger partial charge < -0.3 is 15.0 Å². The summed E-state index contributed by atoms with van der Waals surface area (Å²) >= 11 is 20.2. The summed E-state index contributed by atoms with van der Waals surface area (Å²) in [4.78, 5) is 29.6. The second-order valence-electron chi connectivity index (χ2n) is 5.37. The van der Waals surface area contributed by atoms with Gasteiger partial charge in [-0.3, -0.25) is 9.59 Å². The number of aliphatic imine (C=N–C) groups is 1. The lowest BCUT2D eigenvalue weighted by Gasteiger charge is -2.12. The van der Waals surface area contributed by atoms with Crippen LogP contribution in [0.15, 0.2) is 37.2 Å². The molecule has 2 amide bonds. The number of amides is 2. The lowest BCUT2D eigenvalue weighted by Crippen LogP contribution is -2.38. The fraction of sp³-hybridized carbons (Fsp3) is 0.312. The Morgan fingerprint density at radius 2 is 1.96 bits per heavy atom. The van der Waals surface area contributed by atoms with Crippen molar-refractivity contribution in [2.24, 2.45) is 4.99 Å². The van der Waals surface area contributed by atoms with Crippen molar-refractivity contribution in [1.82, 2.24) is 10.2 Å². The molecule has 1 rings (SSSR count). The van der Waals surface area contributed by atoms with Gasteiger partial charge >= 0.3 is 0 Å². The fourth-order valence-electron chi connectivity index (χ4n) is 1.60. The van der Waals surface area contributed by atoms with Crippen molar-refractivity contribution in [3.8, 4) is 5.75 Å². The largest absolute Gasteiger partial charge is 0.488 e. The molecule has 0 radical (unpaired) electrons. The van der Waals surface area contributed by atoms with Gasteiger partial charge in [-0.05, 0) is 25.1 Å². The molecule has 0 aliphatic rings. The number of hydrogen-bond donors (Lipinski definition) is 1. The number of carbonyl (C=O) groups is 2. The van der Waals surface area contributed by atoms with Crippen molar-refractivity contribution in [3.63, 3.8) is 0 Å². The molecule has 0 bridgehead atoms. The van der Waals surface area contributed by atoms with Gasteiger partial charge in [-0.1, -0.05) is 50.7 Å². The standard InChI is InChI=1S/C16H17BrCl3N3O3/c1-9(15(24)21-8-23(2)3)22-16(25)10-4-11(17)6-12(5-10)26-7-13(18)14(19)20/h4-6,8-9H,7H2,1-3H3,(H,22,25)/t9-/m0/s1. The summed E-state index contributed by atoms with van der Waals surface area (Å²) in [5, 5.41) is 2.72. The fourth-order valence-corrected chi connectivity index (χ4v) is 2.24. The number of benzene rings is 1. The molecule has 6 nitrogen and oxygen atoms in total. The highest BCUT2D eigenvalue weighted by Gasteiger charge is 2.17. The third-order valence-corrected chi connectivity index (χ3v) is 4.24. The van der Waals surface area contributed by atoms with Crippen LogP contribution in [-0.2, 0) is 4.79 Å². The smallest absolute Gasteiger partial charge is 0.269 e. The normalized spacial score (nSPS) is 11.8. The Morgan fingerprint density at radius 1 is 1.31 bits per heavy atom. The van der Waals surface area contributed by atoms with E-state index in [-0.39, 0.29) is 16.1 Å². The number of ether oxygens (including phenoxy) is 1. The van der Waals surface area contributed by atoms with E-state index in [4.69, 9.17) is 39.5 Å². The van der Waals surface area contributed by atoms with E-state index in [1.165, 1.54) is 12.4 Å². The Hall–Kier alpha value is -1.28. The zero-order chi connectivity index (χ0) is 19.9. The molecule has 0 aromatic heterocycles. The predicted octanol–water partition coefficient (Wildman–Crippen LogP) is 3.95. The van der Waals surface area contributed by atoms with E-state index < -0.39 is 17.9 Å². The van der Waals surface area contributed by atoms with Crippen LogP contribution >= 0.6 is 50.7 Å². The Morgan fingerprint density at radius 3 is 2.54 bits per heavy atom. The molecule has 0 unspecified atom stereocenters. The molecule has 142 valence electrons. The summed E-state index contributed by atoms with van der Waals surface area (Å²) in [5.41, 5.74) is 0.294. The Bertz CT molecular complexity index is 735. The number of hydrogen-bond acceptors (Lipinski definition) is 3. The van der Waals surface area contributed by atoms with Crippen LogP contribution in [0.5, 0.6) is 5.75 Å². The molecule has 0 fully saturated rings. The maximum absolute atomic E-state index is 12.4. The van der Waals surface area contributed by atoms with E-state index in [2.05, 4.69) is 26.2 Å². The molecule has 26 heavy (non-hydrogen) atoms. The number of nitrogens with zero attached hydrogens (tertiary/aromatic N) is 2. The molecule has 1 aromatic carbocycles. The average molecular weight is 486 g/mol. The maximum Gasteiger partial charge on any atom is 0.269 e. The molecule has 1 N–H and O–H groups in total. The lowest BCUT2D eigenvalue weighted by atomic mass is 10.2. The Labute approximate surface area is 175 Å². The van der Waals surface area contributed by atoms with Crippen LogP contribution in [0.25, 0.3) is 0 Å². The molecule has 0 spiro atoms. The summed E-state index contributed by atoms with van der Waals surface area (Å²) < 4.78 is 5.97. The van der Waals surface area contributed by atoms with Crippen molar-refractivity contribution >= 4 is 68.9 Å². The first-order valence-corrected chi connectivity index (χ1v) is 9.21. The minimum atomic E-state index is -0.783. The quantitative estimate of drug-likeness (QED) is 0.469. The summed E-state index contributed by atoms with van der Waals surface area (Å²) in [6.07, 6.45) is 1.37. The Kier molecular flexibility index (Phi) is 9.43. The third-order valence-electron chi connectivity index (χ3n) is 2.84. The monoisotopic (exact) mass is 483 g/mol. The van der Waals surface area contributed by atoms with Crippen molar-refractivity contribution in [2.75, 3.05) is 20.7 Å². The van der Waals surface area contributed by atoms with E-state index in [1.54, 1.807) is 38.1 Å².